The Balaban J connectivity index is 0.00000576. The number of nitrogens with one attached hydrogen (secondary N) is 2. The van der Waals surface area contributed by atoms with Gasteiger partial charge in [0.25, 0.3) is 0 Å². The first-order valence-electron chi connectivity index (χ1n) is 8.25. The molecule has 7 heteroatoms. The van der Waals surface area contributed by atoms with Gasteiger partial charge in [-0.15, -0.1) is 24.0 Å². The second-order valence-electron chi connectivity index (χ2n) is 7.14. The molecule has 144 valence electrons. The molecule has 1 rings (SSSR count). The maximum absolute atomic E-state index is 11.3. The molecule has 0 radical (unpaired) electrons. The topological polar surface area (TPSA) is 70.6 Å². The van der Waals surface area contributed by atoms with E-state index in [0.717, 1.165) is 6.54 Å². The van der Waals surface area contributed by atoms with Crippen molar-refractivity contribution in [3.63, 3.8) is 0 Å². The second-order valence-corrected chi connectivity index (χ2v) is 9.40. The second kappa shape index (κ2) is 10.4. The van der Waals surface area contributed by atoms with E-state index < -0.39 is 9.84 Å². The SMILES string of the molecule is CN=C(NCC(C)(C)c1cccc(C)c1)NC(C)CCS(C)(=O)=O.I. The van der Waals surface area contributed by atoms with Crippen LogP contribution in [-0.2, 0) is 15.3 Å². The first kappa shape index (κ1) is 24.2. The van der Waals surface area contributed by atoms with Crippen LogP contribution in [0.25, 0.3) is 0 Å². The van der Waals surface area contributed by atoms with Crippen molar-refractivity contribution in [1.29, 1.82) is 0 Å². The van der Waals surface area contributed by atoms with Crippen LogP contribution in [0.1, 0.15) is 38.3 Å². The Bertz CT molecular complexity index is 673. The van der Waals surface area contributed by atoms with Crippen LogP contribution in [-0.4, -0.2) is 46.0 Å². The summed E-state index contributed by atoms with van der Waals surface area (Å²) in [7, 11) is -1.22. The molecule has 0 spiro atoms. The van der Waals surface area contributed by atoms with Gasteiger partial charge in [-0.25, -0.2) is 8.42 Å². The van der Waals surface area contributed by atoms with E-state index in [4.69, 9.17) is 0 Å². The van der Waals surface area contributed by atoms with E-state index in [-0.39, 0.29) is 41.2 Å². The van der Waals surface area contributed by atoms with Crippen molar-refractivity contribution < 1.29 is 8.42 Å². The van der Waals surface area contributed by atoms with Gasteiger partial charge in [0.2, 0.25) is 0 Å². The third-order valence-corrected chi connectivity index (χ3v) is 5.00. The van der Waals surface area contributed by atoms with Crippen molar-refractivity contribution in [1.82, 2.24) is 10.6 Å². The average Bonchev–Trinajstić information content (AvgIpc) is 2.48. The summed E-state index contributed by atoms with van der Waals surface area (Å²) >= 11 is 0. The number of aryl methyl sites for hydroxylation is 1. The molecular weight excluding hydrogens is 449 g/mol. The summed E-state index contributed by atoms with van der Waals surface area (Å²) in [5, 5.41) is 6.59. The molecule has 1 atom stereocenters. The van der Waals surface area contributed by atoms with Crippen LogP contribution in [0.5, 0.6) is 0 Å². The lowest BCUT2D eigenvalue weighted by Crippen LogP contribution is -2.46. The summed E-state index contributed by atoms with van der Waals surface area (Å²) in [6.45, 7) is 9.17. The molecule has 2 N–H and O–H groups in total. The first-order chi connectivity index (χ1) is 11.0. The largest absolute Gasteiger partial charge is 0.356 e. The predicted molar refractivity (Wildman–Crippen MR) is 118 cm³/mol. The third-order valence-electron chi connectivity index (χ3n) is 4.03. The zero-order valence-electron chi connectivity index (χ0n) is 16.1. The monoisotopic (exact) mass is 481 g/mol. The number of benzene rings is 1. The van der Waals surface area contributed by atoms with E-state index in [0.29, 0.717) is 12.4 Å². The molecule has 1 aromatic rings. The van der Waals surface area contributed by atoms with Gasteiger partial charge in [-0.05, 0) is 25.8 Å². The molecule has 0 saturated carbocycles. The van der Waals surface area contributed by atoms with E-state index in [1.54, 1.807) is 7.05 Å². The van der Waals surface area contributed by atoms with Crippen LogP contribution in [0.3, 0.4) is 0 Å². The lowest BCUT2D eigenvalue weighted by atomic mass is 9.84. The number of rotatable bonds is 7. The number of hydrogen-bond donors (Lipinski definition) is 2. The number of guanidine groups is 1. The minimum atomic E-state index is -2.94. The van der Waals surface area contributed by atoms with Crippen molar-refractivity contribution in [3.8, 4) is 0 Å². The van der Waals surface area contributed by atoms with Crippen LogP contribution < -0.4 is 10.6 Å². The Morgan fingerprint density at radius 3 is 2.48 bits per heavy atom. The fourth-order valence-electron chi connectivity index (χ4n) is 2.36. The molecule has 0 heterocycles. The average molecular weight is 481 g/mol. The predicted octanol–water partition coefficient (Wildman–Crippen LogP) is 2.88. The maximum Gasteiger partial charge on any atom is 0.191 e. The number of halogens is 1. The number of sulfone groups is 1. The fourth-order valence-corrected chi connectivity index (χ4v) is 3.15. The molecule has 0 amide bonds. The van der Waals surface area contributed by atoms with Crippen molar-refractivity contribution in [3.05, 3.63) is 35.4 Å². The molecule has 5 nitrogen and oxygen atoms in total. The van der Waals surface area contributed by atoms with Crippen molar-refractivity contribution >= 4 is 39.8 Å². The fraction of sp³-hybridized carbons (Fsp3) is 0.611. The Morgan fingerprint density at radius 2 is 1.96 bits per heavy atom. The summed E-state index contributed by atoms with van der Waals surface area (Å²) in [6, 6.07) is 8.55. The summed E-state index contributed by atoms with van der Waals surface area (Å²) in [6.07, 6.45) is 1.82. The lowest BCUT2D eigenvalue weighted by molar-refractivity contribution is 0.503. The zero-order chi connectivity index (χ0) is 18.4. The number of nitrogens with zero attached hydrogens (tertiary/aromatic N) is 1. The molecule has 0 aromatic heterocycles. The smallest absolute Gasteiger partial charge is 0.191 e. The van der Waals surface area contributed by atoms with E-state index in [2.05, 4.69) is 60.7 Å². The van der Waals surface area contributed by atoms with Crippen LogP contribution in [0.15, 0.2) is 29.3 Å². The number of hydrogen-bond acceptors (Lipinski definition) is 3. The van der Waals surface area contributed by atoms with Gasteiger partial charge in [0.15, 0.2) is 5.96 Å². The molecule has 0 saturated heterocycles. The summed E-state index contributed by atoms with van der Waals surface area (Å²) in [5.74, 6) is 0.865. The molecule has 25 heavy (non-hydrogen) atoms. The maximum atomic E-state index is 11.3. The third kappa shape index (κ3) is 9.44. The van der Waals surface area contributed by atoms with Gasteiger partial charge >= 0.3 is 0 Å². The Labute approximate surface area is 170 Å². The quantitative estimate of drug-likeness (QED) is 0.357. The molecule has 0 aliphatic heterocycles. The summed E-state index contributed by atoms with van der Waals surface area (Å²) in [5.41, 5.74) is 2.48. The number of aliphatic imine (C=N–C) groups is 1. The lowest BCUT2D eigenvalue weighted by Gasteiger charge is -2.28. The van der Waals surface area contributed by atoms with E-state index in [9.17, 15) is 8.42 Å². The van der Waals surface area contributed by atoms with Crippen LogP contribution in [0.4, 0.5) is 0 Å². The van der Waals surface area contributed by atoms with Gasteiger partial charge in [0.1, 0.15) is 9.84 Å². The molecule has 0 fully saturated rings. The zero-order valence-corrected chi connectivity index (χ0v) is 19.2. The Kier molecular flexibility index (Phi) is 10.0. The highest BCUT2D eigenvalue weighted by atomic mass is 127. The van der Waals surface area contributed by atoms with Gasteiger partial charge in [-0.3, -0.25) is 4.99 Å². The summed E-state index contributed by atoms with van der Waals surface area (Å²) in [4.78, 5) is 4.23. The first-order valence-corrected chi connectivity index (χ1v) is 10.3. The molecule has 1 aromatic carbocycles. The van der Waals surface area contributed by atoms with Gasteiger partial charge in [0, 0.05) is 31.3 Å². The van der Waals surface area contributed by atoms with E-state index >= 15 is 0 Å². The minimum absolute atomic E-state index is 0. The Morgan fingerprint density at radius 1 is 1.32 bits per heavy atom. The van der Waals surface area contributed by atoms with Gasteiger partial charge in [0.05, 0.1) is 5.75 Å². The highest BCUT2D eigenvalue weighted by molar-refractivity contribution is 14.0. The van der Waals surface area contributed by atoms with Gasteiger partial charge < -0.3 is 10.6 Å². The van der Waals surface area contributed by atoms with Crippen molar-refractivity contribution in [2.45, 2.75) is 45.6 Å². The van der Waals surface area contributed by atoms with Gasteiger partial charge in [-0.1, -0.05) is 43.7 Å². The highest BCUT2D eigenvalue weighted by Crippen LogP contribution is 2.22. The van der Waals surface area contributed by atoms with E-state index in [1.165, 1.54) is 17.4 Å². The molecule has 0 aliphatic carbocycles. The van der Waals surface area contributed by atoms with Crippen molar-refractivity contribution in [2.75, 3.05) is 25.6 Å². The molecule has 1 unspecified atom stereocenters. The molecular formula is C18H32IN3O2S. The van der Waals surface area contributed by atoms with Crippen LogP contribution in [0.2, 0.25) is 0 Å². The molecule has 0 aliphatic rings. The van der Waals surface area contributed by atoms with Gasteiger partial charge in [-0.2, -0.15) is 0 Å². The standard InChI is InChI=1S/C18H31N3O2S.HI/c1-14-8-7-9-16(12-14)18(3,4)13-20-17(19-5)21-15(2)10-11-24(6,22)23;/h7-9,12,15H,10-11,13H2,1-6H3,(H2,19,20,21);1H. The normalized spacial score (nSPS) is 13.8. The van der Waals surface area contributed by atoms with Crippen LogP contribution in [0, 0.1) is 6.92 Å². The minimum Gasteiger partial charge on any atom is -0.356 e. The van der Waals surface area contributed by atoms with Crippen molar-refractivity contribution in [2.24, 2.45) is 4.99 Å². The van der Waals surface area contributed by atoms with E-state index in [1.807, 2.05) is 6.92 Å². The summed E-state index contributed by atoms with van der Waals surface area (Å²) < 4.78 is 22.5. The molecule has 0 bridgehead atoms. The van der Waals surface area contributed by atoms with Crippen LogP contribution >= 0.6 is 24.0 Å². The Hall–Kier alpha value is -0.830. The highest BCUT2D eigenvalue weighted by Gasteiger charge is 2.21.